The number of nitrogens with zero attached hydrogens (tertiary/aromatic N) is 2. The number of benzene rings is 2. The van der Waals surface area contributed by atoms with Crippen LogP contribution < -0.4 is 0 Å². The lowest BCUT2D eigenvalue weighted by Crippen LogP contribution is -1.91. The summed E-state index contributed by atoms with van der Waals surface area (Å²) in [5.41, 5.74) is 3.34. The third kappa shape index (κ3) is 2.74. The van der Waals surface area contributed by atoms with Gasteiger partial charge in [0, 0.05) is 5.56 Å². The van der Waals surface area contributed by atoms with Crippen LogP contribution in [0.15, 0.2) is 54.6 Å². The summed E-state index contributed by atoms with van der Waals surface area (Å²) in [6.45, 7) is 2.07. The molecule has 1 unspecified atom stereocenters. The summed E-state index contributed by atoms with van der Waals surface area (Å²) in [7, 11) is 0. The highest BCUT2D eigenvalue weighted by Gasteiger charge is 2.16. The van der Waals surface area contributed by atoms with E-state index in [0.29, 0.717) is 0 Å². The average Bonchev–Trinajstić information content (AvgIpc) is 2.97. The second-order valence-corrected chi connectivity index (χ2v) is 6.03. The zero-order valence-electron chi connectivity index (χ0n) is 11.0. The standard InChI is InChI=1S/C16H13ClN2S/c1-11-6-5-9-13(10-11)15-18-19-16(20-15)14(17)12-7-3-2-4-8-12/h2-10,14H,1H3. The van der Waals surface area contributed by atoms with Crippen molar-refractivity contribution in [1.82, 2.24) is 10.2 Å². The number of hydrogen-bond acceptors (Lipinski definition) is 3. The van der Waals surface area contributed by atoms with Crippen molar-refractivity contribution in [2.24, 2.45) is 0 Å². The molecule has 0 aliphatic carbocycles. The molecule has 4 heteroatoms. The summed E-state index contributed by atoms with van der Waals surface area (Å²) in [6.07, 6.45) is 0. The molecule has 0 aliphatic rings. The summed E-state index contributed by atoms with van der Waals surface area (Å²) in [5.74, 6) is 0. The topological polar surface area (TPSA) is 25.8 Å². The van der Waals surface area contributed by atoms with Crippen molar-refractivity contribution in [3.8, 4) is 10.6 Å². The SMILES string of the molecule is Cc1cccc(-c2nnc(C(Cl)c3ccccc3)s2)c1. The zero-order chi connectivity index (χ0) is 13.9. The number of aromatic nitrogens is 2. The molecule has 0 spiro atoms. The van der Waals surface area contributed by atoms with Crippen LogP contribution in [0.3, 0.4) is 0 Å². The number of alkyl halides is 1. The molecular formula is C16H13ClN2S. The Morgan fingerprint density at radius 1 is 1.00 bits per heavy atom. The molecule has 0 amide bonds. The molecule has 100 valence electrons. The third-order valence-corrected chi connectivity index (χ3v) is 4.64. The van der Waals surface area contributed by atoms with Crippen LogP contribution in [0.1, 0.15) is 21.5 Å². The highest BCUT2D eigenvalue weighted by Crippen LogP contribution is 2.33. The molecule has 1 heterocycles. The van der Waals surface area contributed by atoms with Crippen molar-refractivity contribution >= 4 is 22.9 Å². The monoisotopic (exact) mass is 300 g/mol. The van der Waals surface area contributed by atoms with Crippen molar-refractivity contribution in [1.29, 1.82) is 0 Å². The predicted molar refractivity (Wildman–Crippen MR) is 84.2 cm³/mol. The summed E-state index contributed by atoms with van der Waals surface area (Å²) in [6, 6.07) is 18.2. The Bertz CT molecular complexity index is 709. The van der Waals surface area contributed by atoms with Crippen molar-refractivity contribution in [2.45, 2.75) is 12.3 Å². The van der Waals surface area contributed by atoms with Crippen LogP contribution in [0, 0.1) is 6.92 Å². The van der Waals surface area contributed by atoms with Crippen LogP contribution in [0.4, 0.5) is 0 Å². The number of halogens is 1. The second-order valence-electron chi connectivity index (χ2n) is 4.59. The maximum atomic E-state index is 6.47. The fourth-order valence-electron chi connectivity index (χ4n) is 2.00. The van der Waals surface area contributed by atoms with Crippen LogP contribution in [-0.2, 0) is 0 Å². The molecule has 2 aromatic carbocycles. The van der Waals surface area contributed by atoms with Gasteiger partial charge in [0.2, 0.25) is 0 Å². The van der Waals surface area contributed by atoms with Gasteiger partial charge in [-0.25, -0.2) is 0 Å². The zero-order valence-corrected chi connectivity index (χ0v) is 12.5. The van der Waals surface area contributed by atoms with Gasteiger partial charge in [-0.15, -0.1) is 21.8 Å². The quantitative estimate of drug-likeness (QED) is 0.647. The molecule has 1 aromatic heterocycles. The number of aryl methyl sites for hydroxylation is 1. The molecule has 20 heavy (non-hydrogen) atoms. The van der Waals surface area contributed by atoms with Crippen molar-refractivity contribution in [3.05, 3.63) is 70.7 Å². The van der Waals surface area contributed by atoms with Gasteiger partial charge in [0.15, 0.2) is 0 Å². The molecule has 0 saturated heterocycles. The average molecular weight is 301 g/mol. The van der Waals surface area contributed by atoms with Gasteiger partial charge in [0.05, 0.1) is 0 Å². The maximum Gasteiger partial charge on any atom is 0.147 e. The van der Waals surface area contributed by atoms with E-state index in [1.54, 1.807) is 11.3 Å². The van der Waals surface area contributed by atoms with Gasteiger partial charge < -0.3 is 0 Å². The lowest BCUT2D eigenvalue weighted by molar-refractivity contribution is 0.988. The third-order valence-electron chi connectivity index (χ3n) is 3.01. The van der Waals surface area contributed by atoms with E-state index in [9.17, 15) is 0 Å². The van der Waals surface area contributed by atoms with E-state index in [1.807, 2.05) is 42.5 Å². The van der Waals surface area contributed by atoms with E-state index in [4.69, 9.17) is 11.6 Å². The van der Waals surface area contributed by atoms with Gasteiger partial charge in [-0.3, -0.25) is 0 Å². The van der Waals surface area contributed by atoms with Crippen molar-refractivity contribution in [2.75, 3.05) is 0 Å². The lowest BCUT2D eigenvalue weighted by atomic mass is 10.1. The van der Waals surface area contributed by atoms with Gasteiger partial charge in [-0.2, -0.15) is 0 Å². The van der Waals surface area contributed by atoms with Crippen LogP contribution in [0.2, 0.25) is 0 Å². The van der Waals surface area contributed by atoms with Gasteiger partial charge >= 0.3 is 0 Å². The van der Waals surface area contributed by atoms with Crippen LogP contribution in [-0.4, -0.2) is 10.2 Å². The normalized spacial score (nSPS) is 12.3. The fourth-order valence-corrected chi connectivity index (χ4v) is 3.16. The first-order valence-electron chi connectivity index (χ1n) is 6.33. The molecule has 0 fully saturated rings. The summed E-state index contributed by atoms with van der Waals surface area (Å²) in [4.78, 5) is 0. The minimum absolute atomic E-state index is 0.243. The molecule has 3 rings (SSSR count). The molecule has 0 bridgehead atoms. The van der Waals surface area contributed by atoms with Gasteiger partial charge in [0.1, 0.15) is 15.4 Å². The van der Waals surface area contributed by atoms with Crippen LogP contribution in [0.5, 0.6) is 0 Å². The smallest absolute Gasteiger partial charge is 0.141 e. The Morgan fingerprint density at radius 3 is 2.55 bits per heavy atom. The molecule has 1 atom stereocenters. The molecule has 0 radical (unpaired) electrons. The second kappa shape index (κ2) is 5.73. The van der Waals surface area contributed by atoms with E-state index in [0.717, 1.165) is 21.1 Å². The summed E-state index contributed by atoms with van der Waals surface area (Å²) < 4.78 is 0. The Hall–Kier alpha value is -1.71. The van der Waals surface area contributed by atoms with E-state index in [-0.39, 0.29) is 5.38 Å². The van der Waals surface area contributed by atoms with Crippen LogP contribution >= 0.6 is 22.9 Å². The van der Waals surface area contributed by atoms with E-state index in [2.05, 4.69) is 29.3 Å². The number of rotatable bonds is 3. The van der Waals surface area contributed by atoms with E-state index in [1.165, 1.54) is 5.56 Å². The van der Waals surface area contributed by atoms with E-state index >= 15 is 0 Å². The van der Waals surface area contributed by atoms with Crippen molar-refractivity contribution in [3.63, 3.8) is 0 Å². The highest BCUT2D eigenvalue weighted by atomic mass is 35.5. The fraction of sp³-hybridized carbons (Fsp3) is 0.125. The summed E-state index contributed by atoms with van der Waals surface area (Å²) >= 11 is 8.02. The van der Waals surface area contributed by atoms with Crippen molar-refractivity contribution < 1.29 is 0 Å². The first kappa shape index (κ1) is 13.3. The first-order chi connectivity index (χ1) is 9.74. The molecule has 3 aromatic rings. The Balaban J connectivity index is 1.91. The Labute approximate surface area is 127 Å². The predicted octanol–water partition coefficient (Wildman–Crippen LogP) is 4.84. The van der Waals surface area contributed by atoms with Crippen LogP contribution in [0.25, 0.3) is 10.6 Å². The first-order valence-corrected chi connectivity index (χ1v) is 7.59. The largest absolute Gasteiger partial charge is 0.147 e. The minimum Gasteiger partial charge on any atom is -0.141 e. The highest BCUT2D eigenvalue weighted by molar-refractivity contribution is 7.15. The lowest BCUT2D eigenvalue weighted by Gasteiger charge is -2.04. The van der Waals surface area contributed by atoms with Gasteiger partial charge in [-0.1, -0.05) is 65.4 Å². The molecule has 0 N–H and O–H groups in total. The Kier molecular flexibility index (Phi) is 3.81. The van der Waals surface area contributed by atoms with Gasteiger partial charge in [0.25, 0.3) is 0 Å². The molecule has 0 aliphatic heterocycles. The number of hydrogen-bond donors (Lipinski definition) is 0. The summed E-state index contributed by atoms with van der Waals surface area (Å²) in [5, 5.41) is 9.99. The van der Waals surface area contributed by atoms with Gasteiger partial charge in [-0.05, 0) is 18.6 Å². The maximum absolute atomic E-state index is 6.47. The molecular weight excluding hydrogens is 288 g/mol. The molecule has 2 nitrogen and oxygen atoms in total. The van der Waals surface area contributed by atoms with E-state index < -0.39 is 0 Å². The Morgan fingerprint density at radius 2 is 1.80 bits per heavy atom. The minimum atomic E-state index is -0.243. The molecule has 0 saturated carbocycles.